The van der Waals surface area contributed by atoms with Crippen LogP contribution in [0.5, 0.6) is 0 Å². The molecule has 1 unspecified atom stereocenters. The molecule has 0 aromatic heterocycles. The van der Waals surface area contributed by atoms with Crippen LogP contribution >= 0.6 is 0 Å². The highest BCUT2D eigenvalue weighted by Gasteiger charge is 2.27. The maximum atomic E-state index is 11.6. The Morgan fingerprint density at radius 2 is 1.93 bits per heavy atom. The van der Waals surface area contributed by atoms with E-state index < -0.39 is 15.5 Å². The van der Waals surface area contributed by atoms with E-state index in [1.54, 1.807) is 11.1 Å². The number of hydrogen-bond donors (Lipinski definition) is 2. The van der Waals surface area contributed by atoms with E-state index in [0.717, 1.165) is 23.4 Å². The van der Waals surface area contributed by atoms with Crippen LogP contribution in [0.1, 0.15) is 32.3 Å². The molecule has 0 amide bonds. The molecular weight excluding hydrogens is 376 g/mol. The van der Waals surface area contributed by atoms with Crippen molar-refractivity contribution >= 4 is 21.9 Å². The van der Waals surface area contributed by atoms with Crippen molar-refractivity contribution in [3.05, 3.63) is 59.8 Å². The summed E-state index contributed by atoms with van der Waals surface area (Å²) < 4.78 is 32.6. The molecule has 0 fully saturated rings. The van der Waals surface area contributed by atoms with Crippen LogP contribution in [0.25, 0.3) is 6.08 Å². The molecule has 2 rings (SSSR count). The lowest BCUT2D eigenvalue weighted by Gasteiger charge is -2.29. The molecule has 154 valence electrons. The number of hydrogen-bond acceptors (Lipinski definition) is 5. The lowest BCUT2D eigenvalue weighted by molar-refractivity contribution is 0.302. The maximum absolute atomic E-state index is 11.6. The highest BCUT2D eigenvalue weighted by atomic mass is 32.2. The van der Waals surface area contributed by atoms with Gasteiger partial charge in [0.05, 0.1) is 6.61 Å². The highest BCUT2D eigenvalue weighted by Crippen LogP contribution is 2.20. The number of likely N-dealkylation sites (N-methyl/N-ethyl adjacent to an activating group) is 1. The van der Waals surface area contributed by atoms with Gasteiger partial charge in [0.25, 0.3) is 10.1 Å². The zero-order chi connectivity index (χ0) is 20.6. The Kier molecular flexibility index (Phi) is 8.29. The first kappa shape index (κ1) is 22.2. The predicted molar refractivity (Wildman–Crippen MR) is 115 cm³/mol. The second-order valence-electron chi connectivity index (χ2n) is 6.70. The second kappa shape index (κ2) is 10.5. The summed E-state index contributed by atoms with van der Waals surface area (Å²) in [5.41, 5.74) is 3.12. The van der Waals surface area contributed by atoms with Crippen molar-refractivity contribution in [2.75, 3.05) is 31.1 Å². The molecule has 1 heterocycles. The average molecular weight is 407 g/mol. The maximum Gasteiger partial charge on any atom is 0.286 e. The lowest BCUT2D eigenvalue weighted by Crippen LogP contribution is -2.38. The number of allylic oxidation sites excluding steroid dienone is 3. The van der Waals surface area contributed by atoms with E-state index in [1.165, 1.54) is 0 Å². The Morgan fingerprint density at radius 3 is 2.43 bits per heavy atom. The molecule has 0 bridgehead atoms. The van der Waals surface area contributed by atoms with Crippen molar-refractivity contribution in [2.45, 2.75) is 32.1 Å². The van der Waals surface area contributed by atoms with Crippen LogP contribution in [0.4, 0.5) is 5.69 Å². The summed E-state index contributed by atoms with van der Waals surface area (Å²) in [6, 6.07) is 8.13. The fraction of sp³-hybridized carbons (Fsp3) is 0.429. The smallest absolute Gasteiger partial charge is 0.286 e. The molecule has 0 saturated carbocycles. The van der Waals surface area contributed by atoms with Gasteiger partial charge in [0.2, 0.25) is 0 Å². The number of aliphatic hydroxyl groups is 1. The van der Waals surface area contributed by atoms with Crippen LogP contribution in [0.3, 0.4) is 0 Å². The molecule has 2 N–H and O–H groups in total. The Bertz CT molecular complexity index is 813. The summed E-state index contributed by atoms with van der Waals surface area (Å²) in [4.78, 5) is 3.75. The van der Waals surface area contributed by atoms with Gasteiger partial charge in [-0.15, -0.1) is 0 Å². The molecule has 28 heavy (non-hydrogen) atoms. The Morgan fingerprint density at radius 1 is 1.21 bits per heavy atom. The molecular formula is C21H30N2O4S. The average Bonchev–Trinajstić information content (AvgIpc) is 2.69. The van der Waals surface area contributed by atoms with Gasteiger partial charge in [-0.1, -0.05) is 43.7 Å². The monoisotopic (exact) mass is 406 g/mol. The van der Waals surface area contributed by atoms with Crippen molar-refractivity contribution in [3.63, 3.8) is 0 Å². The Balaban J connectivity index is 2.00. The van der Waals surface area contributed by atoms with E-state index >= 15 is 0 Å². The summed E-state index contributed by atoms with van der Waals surface area (Å²) in [6.07, 6.45) is 10.6. The van der Waals surface area contributed by atoms with Crippen molar-refractivity contribution in [1.29, 1.82) is 0 Å². The van der Waals surface area contributed by atoms with E-state index in [2.05, 4.69) is 11.8 Å². The van der Waals surface area contributed by atoms with E-state index in [0.29, 0.717) is 25.9 Å². The van der Waals surface area contributed by atoms with Crippen LogP contribution in [0.2, 0.25) is 0 Å². The van der Waals surface area contributed by atoms with Gasteiger partial charge in [-0.3, -0.25) is 4.55 Å². The molecule has 0 saturated heterocycles. The summed E-state index contributed by atoms with van der Waals surface area (Å²) >= 11 is 0. The third-order valence-corrected chi connectivity index (χ3v) is 5.92. The minimum Gasteiger partial charge on any atom is -0.395 e. The summed E-state index contributed by atoms with van der Waals surface area (Å²) in [7, 11) is -4.11. The molecule has 1 atom stereocenters. The predicted octanol–water partition coefficient (Wildman–Crippen LogP) is 3.29. The van der Waals surface area contributed by atoms with Gasteiger partial charge in [-0.25, -0.2) is 0 Å². The van der Waals surface area contributed by atoms with Crippen LogP contribution in [0.15, 0.2) is 54.3 Å². The van der Waals surface area contributed by atoms with Gasteiger partial charge in [-0.2, -0.15) is 8.42 Å². The third kappa shape index (κ3) is 6.22. The highest BCUT2D eigenvalue weighted by molar-refractivity contribution is 7.86. The van der Waals surface area contributed by atoms with Crippen LogP contribution in [-0.4, -0.2) is 54.6 Å². The summed E-state index contributed by atoms with van der Waals surface area (Å²) in [5.74, 6) is 0. The SMILES string of the molecule is CCCC(N1C=CC(/C=C/c2ccc(N(CC)CCO)cc2)=CC1)S(=O)(=O)O. The largest absolute Gasteiger partial charge is 0.395 e. The Labute approximate surface area is 168 Å². The van der Waals surface area contributed by atoms with Gasteiger partial charge >= 0.3 is 0 Å². The minimum atomic E-state index is -4.11. The number of rotatable bonds is 10. The normalized spacial score (nSPS) is 15.7. The molecule has 1 aliphatic rings. The van der Waals surface area contributed by atoms with Crippen LogP contribution in [0, 0.1) is 0 Å². The summed E-state index contributed by atoms with van der Waals surface area (Å²) in [6.45, 7) is 5.97. The number of anilines is 1. The molecule has 0 aliphatic carbocycles. The van der Waals surface area contributed by atoms with E-state index in [-0.39, 0.29) is 6.61 Å². The van der Waals surface area contributed by atoms with Gasteiger partial charge in [0, 0.05) is 31.5 Å². The van der Waals surface area contributed by atoms with Crippen molar-refractivity contribution in [1.82, 2.24) is 4.90 Å². The van der Waals surface area contributed by atoms with Crippen molar-refractivity contribution < 1.29 is 18.1 Å². The first-order chi connectivity index (χ1) is 13.4. The van der Waals surface area contributed by atoms with Crippen LogP contribution in [-0.2, 0) is 10.1 Å². The molecule has 1 aliphatic heterocycles. The molecule has 0 radical (unpaired) electrons. The van der Waals surface area contributed by atoms with Crippen molar-refractivity contribution in [3.8, 4) is 0 Å². The first-order valence-corrected chi connectivity index (χ1v) is 11.1. The second-order valence-corrected chi connectivity index (χ2v) is 8.28. The third-order valence-electron chi connectivity index (χ3n) is 4.72. The molecule has 7 heteroatoms. The first-order valence-electron chi connectivity index (χ1n) is 9.63. The Hall–Kier alpha value is -2.09. The summed E-state index contributed by atoms with van der Waals surface area (Å²) in [5, 5.41) is 8.22. The van der Waals surface area contributed by atoms with Crippen molar-refractivity contribution in [2.24, 2.45) is 0 Å². The number of aliphatic hydroxyl groups excluding tert-OH is 1. The molecule has 1 aromatic rings. The zero-order valence-corrected chi connectivity index (χ0v) is 17.3. The fourth-order valence-electron chi connectivity index (χ4n) is 3.17. The van der Waals surface area contributed by atoms with E-state index in [1.807, 2.05) is 55.5 Å². The number of benzene rings is 1. The van der Waals surface area contributed by atoms with Gasteiger partial charge < -0.3 is 14.9 Å². The van der Waals surface area contributed by atoms with Gasteiger partial charge in [0.15, 0.2) is 5.37 Å². The standard InChI is InChI=1S/C21H30N2O4S/c1-3-5-21(28(25,26)27)23-14-12-19(13-15-23)7-6-18-8-10-20(11-9-18)22(4-2)16-17-24/h6-14,21,24H,3-5,15-17H2,1-2H3,(H,25,26,27)/b7-6+. The van der Waals surface area contributed by atoms with Crippen LogP contribution < -0.4 is 4.90 Å². The number of nitrogens with zero attached hydrogens (tertiary/aromatic N) is 2. The lowest BCUT2D eigenvalue weighted by atomic mass is 10.1. The van der Waals surface area contributed by atoms with E-state index in [4.69, 9.17) is 5.11 Å². The fourth-order valence-corrected chi connectivity index (χ4v) is 4.20. The molecule has 1 aromatic carbocycles. The van der Waals surface area contributed by atoms with E-state index in [9.17, 15) is 13.0 Å². The topological polar surface area (TPSA) is 81.1 Å². The molecule has 6 nitrogen and oxygen atoms in total. The van der Waals surface area contributed by atoms with Gasteiger partial charge in [0.1, 0.15) is 0 Å². The minimum absolute atomic E-state index is 0.129. The quantitative estimate of drug-likeness (QED) is 0.581. The van der Waals surface area contributed by atoms with Gasteiger partial charge in [-0.05, 0) is 42.7 Å². The molecule has 0 spiro atoms. The zero-order valence-electron chi connectivity index (χ0n) is 16.5.